The molecule has 1 N–H and O–H groups in total. The van der Waals surface area contributed by atoms with E-state index in [0.29, 0.717) is 11.4 Å². The summed E-state index contributed by atoms with van der Waals surface area (Å²) in [6.07, 6.45) is 8.61. The van der Waals surface area contributed by atoms with Gasteiger partial charge in [-0.2, -0.15) is 0 Å². The van der Waals surface area contributed by atoms with E-state index in [1.807, 2.05) is 18.2 Å². The highest BCUT2D eigenvalue weighted by molar-refractivity contribution is 7.89. The molecule has 0 spiro atoms. The van der Waals surface area contributed by atoms with Crippen LogP contribution in [0.1, 0.15) is 42.4 Å². The number of benzene rings is 2. The van der Waals surface area contributed by atoms with Crippen molar-refractivity contribution < 1.29 is 8.42 Å². The molecule has 0 unspecified atom stereocenters. The third-order valence-corrected chi connectivity index (χ3v) is 7.95. The first kappa shape index (κ1) is 18.0. The Morgan fingerprint density at radius 3 is 2.57 bits per heavy atom. The van der Waals surface area contributed by atoms with E-state index in [4.69, 9.17) is 0 Å². The van der Waals surface area contributed by atoms with Crippen LogP contribution in [0.15, 0.2) is 53.6 Å². The summed E-state index contributed by atoms with van der Waals surface area (Å²) in [4.78, 5) is 0.405. The quantitative estimate of drug-likeness (QED) is 0.709. The molecule has 0 saturated heterocycles. The molecule has 1 saturated carbocycles. The normalized spacial score (nSPS) is 18.2. The summed E-state index contributed by atoms with van der Waals surface area (Å²) in [5.74, 6) is 0. The number of aryl methyl sites for hydroxylation is 3. The van der Waals surface area contributed by atoms with Crippen LogP contribution < -0.4 is 4.72 Å². The number of para-hydroxylation sites is 1. The number of hydrogen-bond acceptors (Lipinski definition) is 2. The van der Waals surface area contributed by atoms with E-state index in [0.717, 1.165) is 32.1 Å². The lowest BCUT2D eigenvalue weighted by Crippen LogP contribution is -2.32. The Kier molecular flexibility index (Phi) is 4.14. The maximum Gasteiger partial charge on any atom is 0.240 e. The van der Waals surface area contributed by atoms with Gasteiger partial charge in [0.15, 0.2) is 0 Å². The van der Waals surface area contributed by atoms with Crippen molar-refractivity contribution >= 4 is 20.9 Å². The van der Waals surface area contributed by atoms with E-state index < -0.39 is 10.0 Å². The Balaban J connectivity index is 1.41. The highest BCUT2D eigenvalue weighted by Crippen LogP contribution is 2.50. The Morgan fingerprint density at radius 1 is 1.04 bits per heavy atom. The van der Waals surface area contributed by atoms with Gasteiger partial charge in [-0.1, -0.05) is 24.3 Å². The molecule has 0 radical (unpaired) electrons. The lowest BCUT2D eigenvalue weighted by molar-refractivity contribution is 0.567. The summed E-state index contributed by atoms with van der Waals surface area (Å²) in [5, 5.41) is 1.23. The molecular formula is C23H26N2O2S. The second kappa shape index (κ2) is 6.46. The number of nitrogens with zero attached hydrogens (tertiary/aromatic N) is 1. The van der Waals surface area contributed by atoms with Crippen LogP contribution in [-0.4, -0.2) is 19.5 Å². The molecule has 0 bridgehead atoms. The van der Waals surface area contributed by atoms with Crippen molar-refractivity contribution in [2.45, 2.75) is 48.8 Å². The second-order valence-corrected chi connectivity index (χ2v) is 10.2. The first-order chi connectivity index (χ1) is 13.5. The van der Waals surface area contributed by atoms with E-state index in [1.54, 1.807) is 6.07 Å². The lowest BCUT2D eigenvalue weighted by atomic mass is 9.92. The van der Waals surface area contributed by atoms with E-state index in [9.17, 15) is 8.42 Å². The average molecular weight is 395 g/mol. The molecule has 3 aromatic rings. The molecule has 0 aliphatic heterocycles. The van der Waals surface area contributed by atoms with Gasteiger partial charge in [0.1, 0.15) is 0 Å². The molecule has 5 rings (SSSR count). The molecule has 5 heteroatoms. The van der Waals surface area contributed by atoms with Crippen molar-refractivity contribution in [2.24, 2.45) is 7.05 Å². The predicted octanol–water partition coefficient (Wildman–Crippen LogP) is 4.07. The minimum Gasteiger partial charge on any atom is -0.350 e. The van der Waals surface area contributed by atoms with Crippen molar-refractivity contribution in [1.29, 1.82) is 0 Å². The molecule has 1 aromatic heterocycles. The highest BCUT2D eigenvalue weighted by Gasteiger charge is 2.46. The van der Waals surface area contributed by atoms with Gasteiger partial charge in [0.25, 0.3) is 0 Å². The summed E-state index contributed by atoms with van der Waals surface area (Å²) in [6.45, 7) is 0.459. The Morgan fingerprint density at radius 2 is 1.79 bits per heavy atom. The van der Waals surface area contributed by atoms with Gasteiger partial charge in [-0.3, -0.25) is 0 Å². The fourth-order valence-electron chi connectivity index (χ4n) is 4.65. The van der Waals surface area contributed by atoms with E-state index in [-0.39, 0.29) is 5.41 Å². The third-order valence-electron chi connectivity index (χ3n) is 6.55. The maximum atomic E-state index is 13.0. The number of sulfonamides is 1. The molecule has 1 heterocycles. The molecule has 2 aromatic carbocycles. The van der Waals surface area contributed by atoms with Crippen LogP contribution >= 0.6 is 0 Å². The van der Waals surface area contributed by atoms with Crippen molar-refractivity contribution in [3.8, 4) is 0 Å². The van der Waals surface area contributed by atoms with Gasteiger partial charge >= 0.3 is 0 Å². The maximum absolute atomic E-state index is 13.0. The zero-order valence-electron chi connectivity index (χ0n) is 16.2. The van der Waals surface area contributed by atoms with E-state index >= 15 is 0 Å². The van der Waals surface area contributed by atoms with Crippen LogP contribution in [0.25, 0.3) is 10.9 Å². The Hall–Kier alpha value is -2.11. The molecule has 2 aliphatic rings. The second-order valence-electron chi connectivity index (χ2n) is 8.41. The van der Waals surface area contributed by atoms with Crippen LogP contribution in [0, 0.1) is 0 Å². The largest absolute Gasteiger partial charge is 0.350 e. The van der Waals surface area contributed by atoms with Gasteiger partial charge in [0.2, 0.25) is 10.0 Å². The van der Waals surface area contributed by atoms with Gasteiger partial charge in [-0.05, 0) is 73.4 Å². The monoisotopic (exact) mass is 394 g/mol. The van der Waals surface area contributed by atoms with Crippen molar-refractivity contribution in [3.05, 3.63) is 65.4 Å². The smallest absolute Gasteiger partial charge is 0.240 e. The van der Waals surface area contributed by atoms with Crippen molar-refractivity contribution in [3.63, 3.8) is 0 Å². The minimum absolute atomic E-state index is 0.0812. The summed E-state index contributed by atoms with van der Waals surface area (Å²) < 4.78 is 31.0. The summed E-state index contributed by atoms with van der Waals surface area (Å²) >= 11 is 0. The summed E-state index contributed by atoms with van der Waals surface area (Å²) in [6, 6.07) is 14.0. The SMILES string of the molecule is Cn1cc(C2(CNS(=O)(=O)c3ccc4c(c3)CCCC4)CC2)c2ccccc21. The Labute approximate surface area is 166 Å². The third kappa shape index (κ3) is 2.97. The predicted molar refractivity (Wildman–Crippen MR) is 112 cm³/mol. The topological polar surface area (TPSA) is 51.1 Å². The average Bonchev–Trinajstić information content (AvgIpc) is 3.44. The fraction of sp³-hybridized carbons (Fsp3) is 0.391. The molecule has 28 heavy (non-hydrogen) atoms. The van der Waals surface area contributed by atoms with Crippen LogP contribution in [0.2, 0.25) is 0 Å². The lowest BCUT2D eigenvalue weighted by Gasteiger charge is -2.18. The molecule has 2 aliphatic carbocycles. The minimum atomic E-state index is -3.50. The van der Waals surface area contributed by atoms with Crippen LogP contribution in [0.5, 0.6) is 0 Å². The fourth-order valence-corrected chi connectivity index (χ4v) is 5.83. The van der Waals surface area contributed by atoms with Gasteiger partial charge < -0.3 is 4.57 Å². The number of aromatic nitrogens is 1. The zero-order chi connectivity index (χ0) is 19.4. The summed E-state index contributed by atoms with van der Waals surface area (Å²) in [7, 11) is -1.44. The van der Waals surface area contributed by atoms with Gasteiger partial charge in [0, 0.05) is 36.1 Å². The molecule has 0 amide bonds. The zero-order valence-corrected chi connectivity index (χ0v) is 17.1. The first-order valence-corrected chi connectivity index (χ1v) is 11.6. The number of nitrogens with one attached hydrogen (secondary N) is 1. The number of rotatable bonds is 5. The molecule has 1 fully saturated rings. The van der Waals surface area contributed by atoms with E-state index in [2.05, 4.69) is 40.7 Å². The highest BCUT2D eigenvalue weighted by atomic mass is 32.2. The molecule has 4 nitrogen and oxygen atoms in total. The number of hydrogen-bond donors (Lipinski definition) is 1. The van der Waals surface area contributed by atoms with Crippen molar-refractivity contribution in [2.75, 3.05) is 6.54 Å². The van der Waals surface area contributed by atoms with E-state index in [1.165, 1.54) is 34.0 Å². The van der Waals surface area contributed by atoms with Gasteiger partial charge in [0.05, 0.1) is 4.90 Å². The molecule has 0 atom stereocenters. The number of fused-ring (bicyclic) bond motifs is 2. The van der Waals surface area contributed by atoms with Crippen LogP contribution in [-0.2, 0) is 35.3 Å². The first-order valence-electron chi connectivity index (χ1n) is 10.1. The van der Waals surface area contributed by atoms with Gasteiger partial charge in [-0.25, -0.2) is 13.1 Å². The molecule has 146 valence electrons. The molecular weight excluding hydrogens is 368 g/mol. The van der Waals surface area contributed by atoms with Crippen molar-refractivity contribution in [1.82, 2.24) is 9.29 Å². The van der Waals surface area contributed by atoms with Gasteiger partial charge in [-0.15, -0.1) is 0 Å². The summed E-state index contributed by atoms with van der Waals surface area (Å²) in [5.41, 5.74) is 4.88. The van der Waals surface area contributed by atoms with Crippen LogP contribution in [0.3, 0.4) is 0 Å². The Bertz CT molecular complexity index is 1160. The van der Waals surface area contributed by atoms with Crippen LogP contribution in [0.4, 0.5) is 0 Å². The standard InChI is InChI=1S/C23H26N2O2S/c1-25-15-21(20-8-4-5-9-22(20)25)23(12-13-23)16-24-28(26,27)19-11-10-17-6-2-3-7-18(17)14-19/h4-5,8-11,14-15,24H,2-3,6-7,12-13,16H2,1H3.